The van der Waals surface area contributed by atoms with Crippen LogP contribution in [0.5, 0.6) is 0 Å². The van der Waals surface area contributed by atoms with Crippen LogP contribution in [0, 0.1) is 5.95 Å². The van der Waals surface area contributed by atoms with E-state index < -0.39 is 17.5 Å². The third kappa shape index (κ3) is 5.56. The van der Waals surface area contributed by atoms with Crippen molar-refractivity contribution in [2.75, 3.05) is 31.1 Å². The van der Waals surface area contributed by atoms with Gasteiger partial charge in [-0.1, -0.05) is 30.3 Å². The number of benzene rings is 1. The van der Waals surface area contributed by atoms with Gasteiger partial charge in [0.25, 0.3) is 0 Å². The van der Waals surface area contributed by atoms with Gasteiger partial charge in [0.05, 0.1) is 11.3 Å². The van der Waals surface area contributed by atoms with Crippen LogP contribution in [0.15, 0.2) is 54.7 Å². The highest BCUT2D eigenvalue weighted by atomic mass is 19.1. The van der Waals surface area contributed by atoms with E-state index in [1.54, 1.807) is 17.0 Å². The van der Waals surface area contributed by atoms with E-state index in [1.807, 2.05) is 56.0 Å². The maximum absolute atomic E-state index is 14.0. The molecule has 1 fully saturated rings. The zero-order valence-corrected chi connectivity index (χ0v) is 20.0. The van der Waals surface area contributed by atoms with Crippen molar-refractivity contribution in [3.8, 4) is 22.4 Å². The molecule has 3 heterocycles. The predicted molar refractivity (Wildman–Crippen MR) is 131 cm³/mol. The highest BCUT2D eigenvalue weighted by Crippen LogP contribution is 2.36. The molecule has 2 amide bonds. The molecule has 0 radical (unpaired) electrons. The quantitative estimate of drug-likeness (QED) is 0.568. The van der Waals surface area contributed by atoms with Crippen LogP contribution in [-0.2, 0) is 4.74 Å². The molecule has 0 aliphatic carbocycles. The van der Waals surface area contributed by atoms with E-state index in [2.05, 4.69) is 4.98 Å². The summed E-state index contributed by atoms with van der Waals surface area (Å²) < 4.78 is 19.5. The number of rotatable bonds is 4. The van der Waals surface area contributed by atoms with Crippen molar-refractivity contribution >= 4 is 17.8 Å². The third-order valence-corrected chi connectivity index (χ3v) is 5.59. The topological polar surface area (TPSA) is 102 Å². The Kier molecular flexibility index (Phi) is 6.68. The lowest BCUT2D eigenvalue weighted by molar-refractivity contribution is 0.0240. The van der Waals surface area contributed by atoms with Gasteiger partial charge in [0.15, 0.2) is 0 Å². The van der Waals surface area contributed by atoms with Crippen LogP contribution in [0.2, 0.25) is 0 Å². The number of carbonyl (C=O) groups excluding carboxylic acids is 2. The van der Waals surface area contributed by atoms with Crippen LogP contribution >= 0.6 is 0 Å². The molecule has 1 aliphatic rings. The summed E-state index contributed by atoms with van der Waals surface area (Å²) in [5.41, 5.74) is 7.69. The van der Waals surface area contributed by atoms with Crippen LogP contribution in [0.1, 0.15) is 31.1 Å². The average molecular weight is 478 g/mol. The highest BCUT2D eigenvalue weighted by molar-refractivity contribution is 6.04. The molecule has 0 bridgehead atoms. The molecule has 1 aliphatic heterocycles. The van der Waals surface area contributed by atoms with Gasteiger partial charge in [-0.25, -0.2) is 14.8 Å². The Labute approximate surface area is 203 Å². The van der Waals surface area contributed by atoms with Gasteiger partial charge in [0.1, 0.15) is 11.4 Å². The molecule has 0 unspecified atom stereocenters. The molecule has 9 heteroatoms. The van der Waals surface area contributed by atoms with Gasteiger partial charge in [0, 0.05) is 49.6 Å². The van der Waals surface area contributed by atoms with E-state index in [4.69, 9.17) is 15.5 Å². The van der Waals surface area contributed by atoms with E-state index in [9.17, 15) is 14.0 Å². The molecule has 3 aromatic rings. The van der Waals surface area contributed by atoms with Gasteiger partial charge in [-0.2, -0.15) is 4.39 Å². The number of hydrogen-bond acceptors (Lipinski definition) is 6. The number of nitrogens with two attached hydrogens (primary N) is 1. The van der Waals surface area contributed by atoms with Crippen molar-refractivity contribution in [1.82, 2.24) is 14.9 Å². The summed E-state index contributed by atoms with van der Waals surface area (Å²) in [6, 6.07) is 13.9. The average Bonchev–Trinajstić information content (AvgIpc) is 2.83. The minimum atomic E-state index is -0.652. The summed E-state index contributed by atoms with van der Waals surface area (Å²) in [6.45, 7) is 7.32. The fourth-order valence-electron chi connectivity index (χ4n) is 3.99. The number of halogens is 1. The Morgan fingerprint density at radius 2 is 1.69 bits per heavy atom. The fourth-order valence-corrected chi connectivity index (χ4v) is 3.99. The van der Waals surface area contributed by atoms with E-state index in [0.717, 1.165) is 5.56 Å². The SMILES string of the molecule is CC(C)(C)OC(=O)N1CCN(c2cc(C(N)=O)c(-c3ccccc3)c(-c3ccnc(F)c3)n2)CC1. The first-order valence-corrected chi connectivity index (χ1v) is 11.4. The second-order valence-electron chi connectivity index (χ2n) is 9.30. The Bertz CT molecular complexity index is 1240. The highest BCUT2D eigenvalue weighted by Gasteiger charge is 2.28. The van der Waals surface area contributed by atoms with Gasteiger partial charge in [-0.15, -0.1) is 0 Å². The molecular weight excluding hydrogens is 449 g/mol. The number of anilines is 1. The monoisotopic (exact) mass is 477 g/mol. The molecule has 0 spiro atoms. The lowest BCUT2D eigenvalue weighted by atomic mass is 9.94. The van der Waals surface area contributed by atoms with Crippen LogP contribution in [-0.4, -0.2) is 58.6 Å². The number of hydrogen-bond donors (Lipinski definition) is 1. The van der Waals surface area contributed by atoms with E-state index in [1.165, 1.54) is 12.3 Å². The van der Waals surface area contributed by atoms with Gasteiger partial charge in [0.2, 0.25) is 11.9 Å². The van der Waals surface area contributed by atoms with Gasteiger partial charge < -0.3 is 20.3 Å². The van der Waals surface area contributed by atoms with Crippen LogP contribution in [0.4, 0.5) is 15.0 Å². The predicted octanol–water partition coefficient (Wildman–Crippen LogP) is 4.11. The first-order chi connectivity index (χ1) is 16.6. The minimum Gasteiger partial charge on any atom is -0.444 e. The van der Waals surface area contributed by atoms with E-state index in [-0.39, 0.29) is 11.7 Å². The number of amides is 2. The lowest BCUT2D eigenvalue weighted by Crippen LogP contribution is -2.50. The standard InChI is InChI=1S/C26H28FN5O3/c1-26(2,3)35-25(34)32-13-11-31(12-14-32)21-16-19(24(28)33)22(17-7-5-4-6-8-17)23(30-21)18-9-10-29-20(27)15-18/h4-10,15-16H,11-14H2,1-3H3,(H2,28,33). The Hall–Kier alpha value is -4.01. The maximum atomic E-state index is 14.0. The summed E-state index contributed by atoms with van der Waals surface area (Å²) in [4.78, 5) is 37.1. The van der Waals surface area contributed by atoms with Crippen molar-refractivity contribution in [2.24, 2.45) is 5.73 Å². The summed E-state index contributed by atoms with van der Waals surface area (Å²) in [6.07, 6.45) is 0.993. The van der Waals surface area contributed by atoms with Crippen molar-refractivity contribution in [1.29, 1.82) is 0 Å². The minimum absolute atomic E-state index is 0.281. The van der Waals surface area contributed by atoms with Crippen LogP contribution < -0.4 is 10.6 Å². The first-order valence-electron chi connectivity index (χ1n) is 11.4. The van der Waals surface area contributed by atoms with E-state index >= 15 is 0 Å². The van der Waals surface area contributed by atoms with E-state index in [0.29, 0.717) is 48.8 Å². The molecule has 182 valence electrons. The molecule has 35 heavy (non-hydrogen) atoms. The molecular formula is C26H28FN5O3. The molecule has 1 saturated heterocycles. The third-order valence-electron chi connectivity index (χ3n) is 5.59. The normalized spacial score (nSPS) is 14.1. The Morgan fingerprint density at radius 1 is 1.00 bits per heavy atom. The first kappa shape index (κ1) is 24.1. The summed E-state index contributed by atoms with van der Waals surface area (Å²) >= 11 is 0. The smallest absolute Gasteiger partial charge is 0.410 e. The van der Waals surface area contributed by atoms with Crippen molar-refractivity contribution in [3.05, 3.63) is 66.2 Å². The van der Waals surface area contributed by atoms with Crippen molar-refractivity contribution in [2.45, 2.75) is 26.4 Å². The number of pyridine rings is 2. The number of piperazine rings is 1. The number of carbonyl (C=O) groups is 2. The second-order valence-corrected chi connectivity index (χ2v) is 9.30. The zero-order valence-electron chi connectivity index (χ0n) is 20.0. The largest absolute Gasteiger partial charge is 0.444 e. The number of primary amides is 1. The molecule has 2 aromatic heterocycles. The maximum Gasteiger partial charge on any atom is 0.410 e. The van der Waals surface area contributed by atoms with Gasteiger partial charge in [-0.05, 0) is 38.5 Å². The van der Waals surface area contributed by atoms with Crippen molar-refractivity contribution in [3.63, 3.8) is 0 Å². The molecule has 0 atom stereocenters. The Morgan fingerprint density at radius 3 is 2.29 bits per heavy atom. The Balaban J connectivity index is 1.73. The van der Waals surface area contributed by atoms with Gasteiger partial charge in [-0.3, -0.25) is 4.79 Å². The molecule has 1 aromatic carbocycles. The summed E-state index contributed by atoms with van der Waals surface area (Å²) in [7, 11) is 0. The molecule has 2 N–H and O–H groups in total. The van der Waals surface area contributed by atoms with Crippen LogP contribution in [0.25, 0.3) is 22.4 Å². The molecule has 4 rings (SSSR count). The molecule has 0 saturated carbocycles. The fraction of sp³-hybridized carbons (Fsp3) is 0.308. The number of ether oxygens (including phenoxy) is 1. The number of nitrogens with zero attached hydrogens (tertiary/aromatic N) is 4. The number of aromatic nitrogens is 2. The summed E-state index contributed by atoms with van der Waals surface area (Å²) in [5.74, 6) is -0.745. The lowest BCUT2D eigenvalue weighted by Gasteiger charge is -2.36. The second kappa shape index (κ2) is 9.69. The molecule has 8 nitrogen and oxygen atoms in total. The van der Waals surface area contributed by atoms with Crippen molar-refractivity contribution < 1.29 is 18.7 Å². The van der Waals surface area contributed by atoms with Crippen LogP contribution in [0.3, 0.4) is 0 Å². The van der Waals surface area contributed by atoms with Gasteiger partial charge >= 0.3 is 6.09 Å². The summed E-state index contributed by atoms with van der Waals surface area (Å²) in [5, 5.41) is 0. The zero-order chi connectivity index (χ0) is 25.2.